The molecule has 5 heteroatoms. The SMILES string of the molecule is O=C1CCCCCN1[PH](=O)Oc1ccccc1. The number of amides is 1. The zero-order valence-electron chi connectivity index (χ0n) is 9.59. The second-order valence-electron chi connectivity index (χ2n) is 4.04. The number of hydrogen-bond donors (Lipinski definition) is 0. The molecule has 17 heavy (non-hydrogen) atoms. The molecule has 1 heterocycles. The number of carbonyl (C=O) groups excluding carboxylic acids is 1. The van der Waals surface area contributed by atoms with Crippen molar-refractivity contribution < 1.29 is 13.9 Å². The maximum atomic E-state index is 12.0. The molecule has 0 radical (unpaired) electrons. The van der Waals surface area contributed by atoms with Gasteiger partial charge in [-0.1, -0.05) is 24.6 Å². The third-order valence-electron chi connectivity index (χ3n) is 2.74. The summed E-state index contributed by atoms with van der Waals surface area (Å²) in [5.41, 5.74) is 0. The van der Waals surface area contributed by atoms with E-state index in [2.05, 4.69) is 0 Å². The lowest BCUT2D eigenvalue weighted by Crippen LogP contribution is -2.24. The monoisotopic (exact) mass is 253 g/mol. The van der Waals surface area contributed by atoms with E-state index >= 15 is 0 Å². The van der Waals surface area contributed by atoms with Crippen LogP contribution in [-0.4, -0.2) is 17.1 Å². The van der Waals surface area contributed by atoms with Crippen molar-refractivity contribution in [2.75, 3.05) is 6.54 Å². The lowest BCUT2D eigenvalue weighted by atomic mass is 10.2. The predicted molar refractivity (Wildman–Crippen MR) is 66.3 cm³/mol. The molecule has 0 aliphatic carbocycles. The minimum Gasteiger partial charge on any atom is -0.431 e. The van der Waals surface area contributed by atoms with Crippen molar-refractivity contribution >= 4 is 14.1 Å². The Kier molecular flexibility index (Phi) is 4.21. The molecule has 1 aromatic carbocycles. The molecule has 2 rings (SSSR count). The maximum Gasteiger partial charge on any atom is 0.334 e. The van der Waals surface area contributed by atoms with Crippen molar-refractivity contribution in [1.29, 1.82) is 0 Å². The van der Waals surface area contributed by atoms with Crippen LogP contribution in [0.1, 0.15) is 25.7 Å². The third kappa shape index (κ3) is 3.34. The second kappa shape index (κ2) is 5.87. The summed E-state index contributed by atoms with van der Waals surface area (Å²) in [4.78, 5) is 11.7. The number of nitrogens with zero attached hydrogens (tertiary/aromatic N) is 1. The smallest absolute Gasteiger partial charge is 0.334 e. The molecule has 92 valence electrons. The number of hydrogen-bond acceptors (Lipinski definition) is 3. The molecule has 1 saturated heterocycles. The second-order valence-corrected chi connectivity index (χ2v) is 5.31. The fourth-order valence-electron chi connectivity index (χ4n) is 1.82. The average molecular weight is 253 g/mol. The first-order valence-electron chi connectivity index (χ1n) is 5.84. The van der Waals surface area contributed by atoms with Gasteiger partial charge in [0, 0.05) is 13.0 Å². The molecule has 1 fully saturated rings. The Labute approximate surface area is 101 Å². The molecular weight excluding hydrogens is 237 g/mol. The highest BCUT2D eigenvalue weighted by atomic mass is 31.1. The Morgan fingerprint density at radius 1 is 1.12 bits per heavy atom. The van der Waals surface area contributed by atoms with Crippen LogP contribution in [0.4, 0.5) is 0 Å². The maximum absolute atomic E-state index is 12.0. The van der Waals surface area contributed by atoms with Gasteiger partial charge in [-0.15, -0.1) is 0 Å². The molecule has 0 N–H and O–H groups in total. The lowest BCUT2D eigenvalue weighted by Gasteiger charge is -2.19. The zero-order valence-corrected chi connectivity index (χ0v) is 10.6. The Hall–Kier alpha value is -1.28. The van der Waals surface area contributed by atoms with Gasteiger partial charge in [0.1, 0.15) is 5.75 Å². The minimum atomic E-state index is -2.48. The lowest BCUT2D eigenvalue weighted by molar-refractivity contribution is -0.126. The van der Waals surface area contributed by atoms with Crippen molar-refractivity contribution in [3.8, 4) is 5.75 Å². The Morgan fingerprint density at radius 2 is 1.88 bits per heavy atom. The quantitative estimate of drug-likeness (QED) is 0.778. The summed E-state index contributed by atoms with van der Waals surface area (Å²) in [5.74, 6) is 0.496. The van der Waals surface area contributed by atoms with E-state index in [1.54, 1.807) is 12.1 Å². The molecular formula is C12H16NO3P. The van der Waals surface area contributed by atoms with Gasteiger partial charge in [0.25, 0.3) is 0 Å². The van der Waals surface area contributed by atoms with E-state index in [1.807, 2.05) is 18.2 Å². The van der Waals surface area contributed by atoms with E-state index in [0.29, 0.717) is 18.7 Å². The van der Waals surface area contributed by atoms with Crippen LogP contribution in [0.5, 0.6) is 5.75 Å². The number of para-hydroxylation sites is 1. The van der Waals surface area contributed by atoms with Crippen molar-refractivity contribution in [2.45, 2.75) is 25.7 Å². The van der Waals surface area contributed by atoms with Gasteiger partial charge in [-0.05, 0) is 25.0 Å². The molecule has 1 aromatic rings. The Balaban J connectivity index is 2.01. The normalized spacial score (nSPS) is 18.6. The largest absolute Gasteiger partial charge is 0.431 e. The minimum absolute atomic E-state index is 0.0534. The van der Waals surface area contributed by atoms with Crippen LogP contribution < -0.4 is 4.52 Å². The van der Waals surface area contributed by atoms with Crippen molar-refractivity contribution in [3.05, 3.63) is 30.3 Å². The molecule has 0 saturated carbocycles. The summed E-state index contributed by atoms with van der Waals surface area (Å²) in [6, 6.07) is 8.97. The fourth-order valence-corrected chi connectivity index (χ4v) is 2.92. The van der Waals surface area contributed by atoms with Gasteiger partial charge in [-0.25, -0.2) is 0 Å². The molecule has 4 nitrogen and oxygen atoms in total. The Bertz CT molecular complexity index is 407. The summed E-state index contributed by atoms with van der Waals surface area (Å²) >= 11 is 0. The third-order valence-corrected chi connectivity index (χ3v) is 4.07. The highest BCUT2D eigenvalue weighted by Gasteiger charge is 2.22. The summed E-state index contributed by atoms with van der Waals surface area (Å²) in [5, 5.41) is 0. The van der Waals surface area contributed by atoms with E-state index in [9.17, 15) is 9.36 Å². The summed E-state index contributed by atoms with van der Waals surface area (Å²) in [6.07, 6.45) is 3.29. The van der Waals surface area contributed by atoms with Crippen LogP contribution in [0, 0.1) is 0 Å². The molecule has 0 bridgehead atoms. The van der Waals surface area contributed by atoms with Crippen LogP contribution in [0.2, 0.25) is 0 Å². The Morgan fingerprint density at radius 3 is 2.65 bits per heavy atom. The van der Waals surface area contributed by atoms with Gasteiger partial charge in [-0.2, -0.15) is 0 Å². The highest BCUT2D eigenvalue weighted by molar-refractivity contribution is 7.37. The predicted octanol–water partition coefficient (Wildman–Crippen LogP) is 2.86. The molecule has 1 amide bonds. The van der Waals surface area contributed by atoms with Gasteiger partial charge < -0.3 is 4.52 Å². The highest BCUT2D eigenvalue weighted by Crippen LogP contribution is 2.33. The average Bonchev–Trinajstić information content (AvgIpc) is 2.55. The van der Waals surface area contributed by atoms with Gasteiger partial charge in [-0.3, -0.25) is 14.0 Å². The first-order chi connectivity index (χ1) is 8.27. The summed E-state index contributed by atoms with van der Waals surface area (Å²) in [7, 11) is -2.48. The first kappa shape index (κ1) is 12.2. The molecule has 0 spiro atoms. The van der Waals surface area contributed by atoms with Gasteiger partial charge in [0.05, 0.1) is 0 Å². The fraction of sp³-hybridized carbons (Fsp3) is 0.417. The molecule has 1 atom stereocenters. The van der Waals surface area contributed by atoms with Crippen LogP contribution in [0.15, 0.2) is 30.3 Å². The number of carbonyl (C=O) groups is 1. The van der Waals surface area contributed by atoms with Crippen molar-refractivity contribution in [1.82, 2.24) is 4.67 Å². The van der Waals surface area contributed by atoms with E-state index in [-0.39, 0.29) is 5.91 Å². The summed E-state index contributed by atoms with van der Waals surface area (Å²) < 4.78 is 18.7. The molecule has 0 aromatic heterocycles. The zero-order chi connectivity index (χ0) is 12.1. The van der Waals surface area contributed by atoms with E-state index < -0.39 is 8.18 Å². The topological polar surface area (TPSA) is 46.6 Å². The van der Waals surface area contributed by atoms with E-state index in [1.165, 1.54) is 4.67 Å². The molecule has 1 aliphatic heterocycles. The van der Waals surface area contributed by atoms with Crippen LogP contribution in [0.25, 0.3) is 0 Å². The van der Waals surface area contributed by atoms with Crippen molar-refractivity contribution in [3.63, 3.8) is 0 Å². The first-order valence-corrected chi connectivity index (χ1v) is 7.11. The van der Waals surface area contributed by atoms with Gasteiger partial charge >= 0.3 is 8.18 Å². The molecule has 1 aliphatic rings. The van der Waals surface area contributed by atoms with Crippen LogP contribution in [0.3, 0.4) is 0 Å². The molecule has 1 unspecified atom stereocenters. The van der Waals surface area contributed by atoms with Gasteiger partial charge in [0.15, 0.2) is 0 Å². The van der Waals surface area contributed by atoms with E-state index in [0.717, 1.165) is 19.3 Å². The number of rotatable bonds is 3. The number of benzene rings is 1. The van der Waals surface area contributed by atoms with Gasteiger partial charge in [0.2, 0.25) is 5.91 Å². The summed E-state index contributed by atoms with van der Waals surface area (Å²) in [6.45, 7) is 0.545. The van der Waals surface area contributed by atoms with E-state index in [4.69, 9.17) is 4.52 Å². The van der Waals surface area contributed by atoms with Crippen LogP contribution >= 0.6 is 8.18 Å². The van der Waals surface area contributed by atoms with Crippen molar-refractivity contribution in [2.24, 2.45) is 0 Å². The standard InChI is InChI=1S/C12H16NO3P/c14-12-9-5-2-6-10-13(12)17(15)16-11-7-3-1-4-8-11/h1,3-4,7-8,17H,2,5-6,9-10H2. The van der Waals surface area contributed by atoms with Crippen LogP contribution in [-0.2, 0) is 9.36 Å².